The Morgan fingerprint density at radius 2 is 1.95 bits per heavy atom. The van der Waals surface area contributed by atoms with Crippen LogP contribution in [-0.2, 0) is 19.1 Å². The van der Waals surface area contributed by atoms with Crippen molar-refractivity contribution in [3.05, 3.63) is 65.5 Å². The smallest absolute Gasteiger partial charge is 0.363 e. The predicted octanol–water partition coefficient (Wildman–Crippen LogP) is 2.33. The Morgan fingerprint density at radius 3 is 2.56 bits per heavy atom. The van der Waals surface area contributed by atoms with Gasteiger partial charge in [0, 0.05) is 31.5 Å². The molecule has 3 heterocycles. The van der Waals surface area contributed by atoms with Crippen LogP contribution in [0.5, 0.6) is 0 Å². The van der Waals surface area contributed by atoms with Crippen LogP contribution in [0.2, 0.25) is 0 Å². The van der Waals surface area contributed by atoms with Crippen LogP contribution < -0.4 is 0 Å². The van der Waals surface area contributed by atoms with Gasteiger partial charge in [0.05, 0.1) is 38.1 Å². The fourth-order valence-corrected chi connectivity index (χ4v) is 5.43. The molecule has 2 aromatic rings. The number of urea groups is 1. The largest absolute Gasteiger partial charge is 0.468 e. The minimum absolute atomic E-state index is 0.00231. The van der Waals surface area contributed by atoms with E-state index in [9.17, 15) is 28.3 Å². The maximum Gasteiger partial charge on any atom is 0.363 e. The Bertz CT molecular complexity index is 1260. The van der Waals surface area contributed by atoms with Crippen LogP contribution in [0.3, 0.4) is 0 Å². The minimum Gasteiger partial charge on any atom is -0.468 e. The number of aliphatic hydroxyl groups is 1. The highest BCUT2D eigenvalue weighted by Crippen LogP contribution is 2.37. The first-order valence-electron chi connectivity index (χ1n) is 13.2. The molecule has 0 saturated carbocycles. The second-order valence-electron chi connectivity index (χ2n) is 9.99. The number of aliphatic imine (C=N–C) groups is 1. The van der Waals surface area contributed by atoms with Crippen LogP contribution in [0.4, 0.5) is 13.6 Å². The van der Waals surface area contributed by atoms with E-state index in [1.54, 1.807) is 6.20 Å². The topological polar surface area (TPSA) is 125 Å². The molecule has 2 aliphatic rings. The molecule has 3 amide bonds. The van der Waals surface area contributed by atoms with Gasteiger partial charge >= 0.3 is 12.0 Å². The van der Waals surface area contributed by atoms with Gasteiger partial charge in [0.1, 0.15) is 5.92 Å². The first-order valence-corrected chi connectivity index (χ1v) is 13.2. The molecule has 1 aromatic carbocycles. The number of halogens is 2. The molecule has 2 aliphatic heterocycles. The number of methoxy groups -OCH3 is 2. The number of amides is 3. The molecule has 41 heavy (non-hydrogen) atoms. The van der Waals surface area contributed by atoms with Crippen molar-refractivity contribution in [3.8, 4) is 0 Å². The van der Waals surface area contributed by atoms with E-state index in [-0.39, 0.29) is 31.0 Å². The van der Waals surface area contributed by atoms with Crippen LogP contribution in [0, 0.1) is 17.6 Å². The molecule has 3 atom stereocenters. The number of β-amino-alcohol motifs (C(OH)–C–C–N with tert-alkyl or cyclic N) is 1. The summed E-state index contributed by atoms with van der Waals surface area (Å²) < 4.78 is 38.2. The van der Waals surface area contributed by atoms with E-state index in [1.807, 2.05) is 18.2 Å². The van der Waals surface area contributed by atoms with Gasteiger partial charge in [0.15, 0.2) is 11.6 Å². The summed E-state index contributed by atoms with van der Waals surface area (Å²) in [6, 6.07) is 6.46. The van der Waals surface area contributed by atoms with Crippen molar-refractivity contribution in [1.29, 1.82) is 0 Å². The van der Waals surface area contributed by atoms with Crippen LogP contribution in [0.1, 0.15) is 36.1 Å². The first-order chi connectivity index (χ1) is 19.8. The van der Waals surface area contributed by atoms with Crippen molar-refractivity contribution in [3.63, 3.8) is 0 Å². The second kappa shape index (κ2) is 13.7. The van der Waals surface area contributed by atoms with Crippen molar-refractivity contribution >= 4 is 24.1 Å². The van der Waals surface area contributed by atoms with Gasteiger partial charge in [-0.3, -0.25) is 14.6 Å². The number of hydrazine groups is 1. The minimum atomic E-state index is -1.33. The van der Waals surface area contributed by atoms with Crippen LogP contribution in [0.15, 0.2) is 47.6 Å². The molecule has 220 valence electrons. The number of likely N-dealkylation sites (tertiary alicyclic amines) is 1. The molecule has 0 bridgehead atoms. The number of hydrogen-bond donors (Lipinski definition) is 1. The molecule has 0 aliphatic carbocycles. The van der Waals surface area contributed by atoms with Crippen molar-refractivity contribution < 1.29 is 37.7 Å². The summed E-state index contributed by atoms with van der Waals surface area (Å²) in [6.45, 7) is 1.08. The third-order valence-corrected chi connectivity index (χ3v) is 7.36. The normalized spacial score (nSPS) is 20.9. The van der Waals surface area contributed by atoms with Gasteiger partial charge in [-0.1, -0.05) is 12.1 Å². The molecule has 0 spiro atoms. The zero-order valence-corrected chi connectivity index (χ0v) is 22.9. The zero-order chi connectivity index (χ0) is 29.5. The predicted molar refractivity (Wildman–Crippen MR) is 143 cm³/mol. The molecule has 0 radical (unpaired) electrons. The lowest BCUT2D eigenvalue weighted by atomic mass is 9.87. The number of carbonyl (C=O) groups is 3. The lowest BCUT2D eigenvalue weighted by Crippen LogP contribution is -2.57. The maximum absolute atomic E-state index is 14.3. The number of pyridine rings is 1. The van der Waals surface area contributed by atoms with Crippen LogP contribution >= 0.6 is 0 Å². The summed E-state index contributed by atoms with van der Waals surface area (Å²) in [4.78, 5) is 49.0. The van der Waals surface area contributed by atoms with E-state index in [4.69, 9.17) is 9.47 Å². The standard InChI is InChI=1S/C28H33F2N5O6/c1-40-16-24-25(27(38)41-2)26(19-6-7-21(29)22(30)13-19)35(28(39)32-24)34(17-36)15-20(37)14-33-11-8-18(9-12-33)23-5-3-4-10-31-23/h3-7,10,13,17-18,20,25-26,37H,8-9,11-12,14-16H2,1-2H3. The number of aliphatic hydroxyl groups excluding tert-OH is 1. The number of benzene rings is 1. The average molecular weight is 574 g/mol. The number of ether oxygens (including phenoxy) is 2. The number of aromatic nitrogens is 1. The summed E-state index contributed by atoms with van der Waals surface area (Å²) in [5.41, 5.74) is 1.05. The Balaban J connectivity index is 1.55. The quantitative estimate of drug-likeness (QED) is 0.321. The Kier molecular flexibility index (Phi) is 10.1. The van der Waals surface area contributed by atoms with Crippen molar-refractivity contribution in [2.45, 2.75) is 30.9 Å². The fourth-order valence-electron chi connectivity index (χ4n) is 5.43. The average Bonchev–Trinajstić information content (AvgIpc) is 2.98. The SMILES string of the molecule is COCC1=NC(=O)N(N(C=O)CC(O)CN2CCC(c3ccccn3)CC2)C(c2ccc(F)c(F)c2)C1C(=O)OC. The number of nitrogens with zero attached hydrogens (tertiary/aromatic N) is 5. The summed E-state index contributed by atoms with van der Waals surface area (Å²) in [5, 5.41) is 12.7. The van der Waals surface area contributed by atoms with Crippen LogP contribution in [-0.4, -0.2) is 102 Å². The molecule has 1 aromatic heterocycles. The summed E-state index contributed by atoms with van der Waals surface area (Å²) >= 11 is 0. The highest BCUT2D eigenvalue weighted by molar-refractivity contribution is 6.10. The molecule has 1 saturated heterocycles. The van der Waals surface area contributed by atoms with Gasteiger partial charge in [-0.25, -0.2) is 23.6 Å². The van der Waals surface area contributed by atoms with E-state index in [0.29, 0.717) is 25.4 Å². The lowest BCUT2D eigenvalue weighted by molar-refractivity contribution is -0.152. The highest BCUT2D eigenvalue weighted by Gasteiger charge is 2.47. The van der Waals surface area contributed by atoms with Crippen LogP contribution in [0.25, 0.3) is 0 Å². The lowest BCUT2D eigenvalue weighted by Gasteiger charge is -2.43. The number of piperidine rings is 1. The molecule has 11 nitrogen and oxygen atoms in total. The van der Waals surface area contributed by atoms with Crippen molar-refractivity contribution in [2.24, 2.45) is 10.9 Å². The van der Waals surface area contributed by atoms with E-state index in [0.717, 1.165) is 47.8 Å². The third kappa shape index (κ3) is 6.92. The monoisotopic (exact) mass is 573 g/mol. The number of esters is 1. The molecule has 1 N–H and O–H groups in total. The van der Waals surface area contributed by atoms with E-state index >= 15 is 0 Å². The van der Waals surface area contributed by atoms with Crippen molar-refractivity contribution in [1.82, 2.24) is 19.9 Å². The second-order valence-corrected chi connectivity index (χ2v) is 9.99. The Morgan fingerprint density at radius 1 is 1.20 bits per heavy atom. The molecule has 13 heteroatoms. The Labute approximate surface area is 236 Å². The van der Waals surface area contributed by atoms with E-state index in [2.05, 4.69) is 14.9 Å². The number of carbonyl (C=O) groups excluding carboxylic acids is 3. The third-order valence-electron chi connectivity index (χ3n) is 7.36. The van der Waals surface area contributed by atoms with Gasteiger partial charge in [-0.15, -0.1) is 0 Å². The molecular formula is C28H33F2N5O6. The summed E-state index contributed by atoms with van der Waals surface area (Å²) in [7, 11) is 2.47. The zero-order valence-electron chi connectivity index (χ0n) is 22.9. The van der Waals surface area contributed by atoms with Crippen molar-refractivity contribution in [2.75, 3.05) is 47.0 Å². The molecular weight excluding hydrogens is 540 g/mol. The van der Waals surface area contributed by atoms with E-state index < -0.39 is 41.7 Å². The fraction of sp³-hybridized carbons (Fsp3) is 0.464. The molecule has 4 rings (SSSR count). The van der Waals surface area contributed by atoms with Gasteiger partial charge < -0.3 is 19.5 Å². The molecule has 1 fully saturated rings. The Hall–Kier alpha value is -3.81. The van der Waals surface area contributed by atoms with Gasteiger partial charge in [-0.05, 0) is 55.8 Å². The van der Waals surface area contributed by atoms with Gasteiger partial charge in [0.25, 0.3) is 0 Å². The first kappa shape index (κ1) is 30.2. The number of hydrogen-bond acceptors (Lipinski definition) is 8. The summed E-state index contributed by atoms with van der Waals surface area (Å²) in [6.07, 6.45) is 2.71. The number of rotatable bonds is 11. The molecule has 3 unspecified atom stereocenters. The summed E-state index contributed by atoms with van der Waals surface area (Å²) in [5.74, 6) is -4.14. The van der Waals surface area contributed by atoms with Gasteiger partial charge in [-0.2, -0.15) is 4.99 Å². The maximum atomic E-state index is 14.3. The highest BCUT2D eigenvalue weighted by atomic mass is 19.2. The van der Waals surface area contributed by atoms with E-state index in [1.165, 1.54) is 13.2 Å². The van der Waals surface area contributed by atoms with Gasteiger partial charge in [0.2, 0.25) is 6.41 Å².